The van der Waals surface area contributed by atoms with E-state index in [9.17, 15) is 9.59 Å². The van der Waals surface area contributed by atoms with Crippen LogP contribution in [0, 0.1) is 0 Å². The van der Waals surface area contributed by atoms with Gasteiger partial charge in [-0.05, 0) is 42.7 Å². The quantitative estimate of drug-likeness (QED) is 0.681. The molecule has 0 unspecified atom stereocenters. The molecule has 0 spiro atoms. The van der Waals surface area contributed by atoms with Gasteiger partial charge in [-0.25, -0.2) is 0 Å². The molecule has 0 aliphatic carbocycles. The zero-order chi connectivity index (χ0) is 19.8. The fraction of sp³-hybridized carbons (Fsp3) is 0.400. The van der Waals surface area contributed by atoms with Crippen LogP contribution in [0.2, 0.25) is 0 Å². The number of rotatable bonds is 9. The molecule has 2 N–H and O–H groups in total. The van der Waals surface area contributed by atoms with Crippen LogP contribution in [0.4, 0.5) is 0 Å². The summed E-state index contributed by atoms with van der Waals surface area (Å²) in [5, 5.41) is 5.24. The first-order valence-electron chi connectivity index (χ1n) is 9.15. The van der Waals surface area contributed by atoms with Crippen molar-refractivity contribution in [2.45, 2.75) is 25.5 Å². The monoisotopic (exact) mass is 388 g/mol. The molecule has 1 saturated heterocycles. The number of carbonyl (C=O) groups excluding carboxylic acids is 2. The zero-order valence-corrected chi connectivity index (χ0v) is 15.7. The van der Waals surface area contributed by atoms with E-state index in [4.69, 9.17) is 18.6 Å². The van der Waals surface area contributed by atoms with Gasteiger partial charge in [-0.1, -0.05) is 6.07 Å². The lowest BCUT2D eigenvalue weighted by molar-refractivity contribution is -0.120. The molecular formula is C20H24N2O6. The maximum absolute atomic E-state index is 11.9. The molecule has 28 heavy (non-hydrogen) atoms. The molecule has 0 radical (unpaired) electrons. The highest BCUT2D eigenvalue weighted by Gasteiger charge is 2.17. The molecule has 2 heterocycles. The number of ether oxygens (including phenoxy) is 3. The Labute approximate surface area is 163 Å². The minimum atomic E-state index is -0.436. The fourth-order valence-electron chi connectivity index (χ4n) is 2.82. The van der Waals surface area contributed by atoms with Gasteiger partial charge in [-0.2, -0.15) is 0 Å². The summed E-state index contributed by atoms with van der Waals surface area (Å²) in [5.74, 6) is 0.651. The maximum Gasteiger partial charge on any atom is 0.287 e. The largest absolute Gasteiger partial charge is 0.493 e. The third-order valence-corrected chi connectivity index (χ3v) is 4.32. The van der Waals surface area contributed by atoms with Crippen molar-refractivity contribution in [2.75, 3.05) is 26.9 Å². The minimum Gasteiger partial charge on any atom is -0.493 e. The van der Waals surface area contributed by atoms with Gasteiger partial charge in [-0.3, -0.25) is 9.59 Å². The molecule has 8 heteroatoms. The second-order valence-electron chi connectivity index (χ2n) is 6.37. The van der Waals surface area contributed by atoms with Crippen LogP contribution in [0.15, 0.2) is 41.0 Å². The van der Waals surface area contributed by atoms with Crippen molar-refractivity contribution < 1.29 is 28.2 Å². The van der Waals surface area contributed by atoms with Crippen LogP contribution in [-0.2, 0) is 16.1 Å². The minimum absolute atomic E-state index is 0.125. The summed E-state index contributed by atoms with van der Waals surface area (Å²) >= 11 is 0. The molecule has 2 amide bonds. The molecule has 0 bridgehead atoms. The normalized spacial score (nSPS) is 15.8. The summed E-state index contributed by atoms with van der Waals surface area (Å²) < 4.78 is 21.7. The van der Waals surface area contributed by atoms with Crippen LogP contribution >= 0.6 is 0 Å². The number of furan rings is 1. The molecular weight excluding hydrogens is 364 g/mol. The number of amides is 2. The van der Waals surface area contributed by atoms with Crippen molar-refractivity contribution in [3.8, 4) is 11.5 Å². The standard InChI is InChI=1S/C20H24N2O6/c1-25-18-10-14(6-7-16(18)28-13-15-4-2-8-26-15)11-21-19(23)12-22-20(24)17-5-3-9-27-17/h3,5-7,9-10,15H,2,4,8,11-13H2,1H3,(H,21,23)(H,22,24)/t15-/m0/s1. The molecule has 1 aromatic carbocycles. The van der Waals surface area contributed by atoms with Crippen molar-refractivity contribution in [3.63, 3.8) is 0 Å². The number of hydrogen-bond donors (Lipinski definition) is 2. The molecule has 2 aromatic rings. The first kappa shape index (κ1) is 19.8. The SMILES string of the molecule is COc1cc(CNC(=O)CNC(=O)c2ccco2)ccc1OC[C@@H]1CCCO1. The second-order valence-corrected chi connectivity index (χ2v) is 6.37. The molecule has 150 valence electrons. The van der Waals surface area contributed by atoms with Crippen LogP contribution in [0.25, 0.3) is 0 Å². The van der Waals surface area contributed by atoms with E-state index in [1.54, 1.807) is 13.2 Å². The number of methoxy groups -OCH3 is 1. The Kier molecular flexibility index (Phi) is 6.91. The van der Waals surface area contributed by atoms with E-state index in [0.717, 1.165) is 25.0 Å². The average molecular weight is 388 g/mol. The third kappa shape index (κ3) is 5.50. The van der Waals surface area contributed by atoms with Crippen LogP contribution < -0.4 is 20.1 Å². The predicted octanol–water partition coefficient (Wildman–Crippen LogP) is 1.89. The van der Waals surface area contributed by atoms with E-state index >= 15 is 0 Å². The molecule has 1 aliphatic rings. The average Bonchev–Trinajstić information content (AvgIpc) is 3.43. The molecule has 1 aromatic heterocycles. The Morgan fingerprint density at radius 3 is 2.82 bits per heavy atom. The Balaban J connectivity index is 1.45. The second kappa shape index (κ2) is 9.80. The first-order chi connectivity index (χ1) is 13.7. The van der Waals surface area contributed by atoms with Gasteiger partial charge in [0.05, 0.1) is 26.0 Å². The maximum atomic E-state index is 11.9. The number of carbonyl (C=O) groups is 2. The number of nitrogens with one attached hydrogen (secondary N) is 2. The van der Waals surface area contributed by atoms with E-state index in [1.165, 1.54) is 12.3 Å². The van der Waals surface area contributed by atoms with Crippen molar-refractivity contribution in [3.05, 3.63) is 47.9 Å². The Hall–Kier alpha value is -3.00. The van der Waals surface area contributed by atoms with Crippen LogP contribution in [0.3, 0.4) is 0 Å². The first-order valence-corrected chi connectivity index (χ1v) is 9.15. The van der Waals surface area contributed by atoms with Gasteiger partial charge in [0.2, 0.25) is 5.91 Å². The van der Waals surface area contributed by atoms with E-state index in [-0.39, 0.29) is 24.3 Å². The molecule has 1 fully saturated rings. The van der Waals surface area contributed by atoms with Gasteiger partial charge in [0.1, 0.15) is 6.61 Å². The topological polar surface area (TPSA) is 99.0 Å². The highest BCUT2D eigenvalue weighted by Crippen LogP contribution is 2.29. The Morgan fingerprint density at radius 1 is 1.21 bits per heavy atom. The van der Waals surface area contributed by atoms with E-state index in [2.05, 4.69) is 10.6 Å². The smallest absolute Gasteiger partial charge is 0.287 e. The summed E-state index contributed by atoms with van der Waals surface area (Å²) in [6.07, 6.45) is 3.59. The lowest BCUT2D eigenvalue weighted by Gasteiger charge is -2.15. The third-order valence-electron chi connectivity index (χ3n) is 4.32. The predicted molar refractivity (Wildman–Crippen MR) is 100 cm³/mol. The van der Waals surface area contributed by atoms with Gasteiger partial charge in [0.25, 0.3) is 5.91 Å². The Morgan fingerprint density at radius 2 is 2.11 bits per heavy atom. The van der Waals surface area contributed by atoms with Crippen molar-refractivity contribution in [1.29, 1.82) is 0 Å². The molecule has 1 atom stereocenters. The van der Waals surface area contributed by atoms with Gasteiger partial charge < -0.3 is 29.3 Å². The fourth-order valence-corrected chi connectivity index (χ4v) is 2.82. The summed E-state index contributed by atoms with van der Waals surface area (Å²) in [4.78, 5) is 23.7. The van der Waals surface area contributed by atoms with Crippen LogP contribution in [0.1, 0.15) is 29.0 Å². The van der Waals surface area contributed by atoms with Gasteiger partial charge >= 0.3 is 0 Å². The molecule has 8 nitrogen and oxygen atoms in total. The van der Waals surface area contributed by atoms with Crippen LogP contribution in [0.5, 0.6) is 11.5 Å². The zero-order valence-electron chi connectivity index (χ0n) is 15.7. The molecule has 3 rings (SSSR count). The van der Waals surface area contributed by atoms with Crippen molar-refractivity contribution in [2.24, 2.45) is 0 Å². The van der Waals surface area contributed by atoms with E-state index in [1.807, 2.05) is 18.2 Å². The van der Waals surface area contributed by atoms with Gasteiger partial charge in [0, 0.05) is 13.2 Å². The highest BCUT2D eigenvalue weighted by atomic mass is 16.5. The lowest BCUT2D eigenvalue weighted by atomic mass is 10.2. The lowest BCUT2D eigenvalue weighted by Crippen LogP contribution is -2.36. The van der Waals surface area contributed by atoms with Gasteiger partial charge in [0.15, 0.2) is 17.3 Å². The summed E-state index contributed by atoms with van der Waals surface area (Å²) in [5.41, 5.74) is 0.854. The van der Waals surface area contributed by atoms with E-state index < -0.39 is 5.91 Å². The highest BCUT2D eigenvalue weighted by molar-refractivity contribution is 5.94. The summed E-state index contributed by atoms with van der Waals surface area (Å²) in [7, 11) is 1.57. The van der Waals surface area contributed by atoms with Crippen LogP contribution in [-0.4, -0.2) is 44.8 Å². The van der Waals surface area contributed by atoms with Crippen molar-refractivity contribution in [1.82, 2.24) is 10.6 Å². The Bertz CT molecular complexity index is 784. The van der Waals surface area contributed by atoms with Gasteiger partial charge in [-0.15, -0.1) is 0 Å². The molecule has 0 saturated carbocycles. The molecule has 1 aliphatic heterocycles. The summed E-state index contributed by atoms with van der Waals surface area (Å²) in [6.45, 7) is 1.44. The van der Waals surface area contributed by atoms with E-state index in [0.29, 0.717) is 24.7 Å². The van der Waals surface area contributed by atoms with Crippen molar-refractivity contribution >= 4 is 11.8 Å². The number of benzene rings is 1. The number of hydrogen-bond acceptors (Lipinski definition) is 6. The summed E-state index contributed by atoms with van der Waals surface area (Å²) in [6, 6.07) is 8.62.